The molecule has 1 aromatic heterocycles. The molecule has 27 heavy (non-hydrogen) atoms. The molecule has 9 heteroatoms. The molecule has 0 unspecified atom stereocenters. The summed E-state index contributed by atoms with van der Waals surface area (Å²) in [4.78, 5) is 12.0. The van der Waals surface area contributed by atoms with Crippen LogP contribution in [0.25, 0.3) is 0 Å². The van der Waals surface area contributed by atoms with Crippen molar-refractivity contribution >= 4 is 31.9 Å². The molecule has 0 spiro atoms. The van der Waals surface area contributed by atoms with E-state index in [1.165, 1.54) is 18.4 Å². The number of aromatic nitrogens is 1. The Morgan fingerprint density at radius 1 is 1.33 bits per heavy atom. The summed E-state index contributed by atoms with van der Waals surface area (Å²) in [6.07, 6.45) is 1.44. The maximum absolute atomic E-state index is 12.8. The highest BCUT2D eigenvalue weighted by molar-refractivity contribution is 9.10. The van der Waals surface area contributed by atoms with E-state index >= 15 is 0 Å². The molecule has 0 aliphatic carbocycles. The molecule has 0 bridgehead atoms. The first-order valence-corrected chi connectivity index (χ1v) is 10.7. The first kappa shape index (κ1) is 21.6. The lowest BCUT2D eigenvalue weighted by Crippen LogP contribution is -2.25. The number of rotatable bonds is 6. The highest BCUT2D eigenvalue weighted by atomic mass is 79.9. The summed E-state index contributed by atoms with van der Waals surface area (Å²) >= 11 is 3.24. The highest BCUT2D eigenvalue weighted by Crippen LogP contribution is 2.28. The highest BCUT2D eigenvalue weighted by Gasteiger charge is 2.25. The zero-order valence-electron chi connectivity index (χ0n) is 15.9. The Morgan fingerprint density at radius 3 is 2.59 bits per heavy atom. The topological polar surface area (TPSA) is 98.5 Å². The van der Waals surface area contributed by atoms with E-state index in [0.717, 1.165) is 0 Å². The lowest BCUT2D eigenvalue weighted by Gasteiger charge is -2.17. The van der Waals surface area contributed by atoms with Crippen molar-refractivity contribution in [3.63, 3.8) is 0 Å². The fourth-order valence-electron chi connectivity index (χ4n) is 2.54. The number of sulfonamides is 1. The van der Waals surface area contributed by atoms with Gasteiger partial charge in [0.2, 0.25) is 10.0 Å². The van der Waals surface area contributed by atoms with Crippen LogP contribution in [-0.4, -0.2) is 26.2 Å². The van der Waals surface area contributed by atoms with Gasteiger partial charge in [0, 0.05) is 22.0 Å². The third kappa shape index (κ3) is 4.97. The molecule has 1 heterocycles. The van der Waals surface area contributed by atoms with E-state index in [4.69, 9.17) is 9.26 Å². The third-order valence-corrected chi connectivity index (χ3v) is 6.23. The molecule has 0 amide bonds. The number of esters is 1. The molecule has 0 aliphatic rings. The number of hydrogen-bond donors (Lipinski definition) is 1. The number of ether oxygens (including phenoxy) is 1. The van der Waals surface area contributed by atoms with Crippen LogP contribution in [0.15, 0.2) is 32.3 Å². The summed E-state index contributed by atoms with van der Waals surface area (Å²) < 4.78 is 38.4. The Labute approximate surface area is 167 Å². The van der Waals surface area contributed by atoms with Crippen LogP contribution in [0.5, 0.6) is 0 Å². The number of nitrogens with zero attached hydrogens (tertiary/aromatic N) is 1. The SMILES string of the molecule is CCOC(=O)c1cc(Br)c(S(=O)(=O)NCc2conc2C(C)(C)C)cc1C. The number of hydrogen-bond acceptors (Lipinski definition) is 6. The van der Waals surface area contributed by atoms with Crippen LogP contribution in [0.4, 0.5) is 0 Å². The minimum absolute atomic E-state index is 0.0433. The molecule has 1 N–H and O–H groups in total. The van der Waals surface area contributed by atoms with Crippen molar-refractivity contribution in [1.29, 1.82) is 0 Å². The van der Waals surface area contributed by atoms with E-state index in [1.807, 2.05) is 20.8 Å². The van der Waals surface area contributed by atoms with Crippen LogP contribution in [-0.2, 0) is 26.7 Å². The van der Waals surface area contributed by atoms with Gasteiger partial charge in [-0.15, -0.1) is 0 Å². The summed E-state index contributed by atoms with van der Waals surface area (Å²) in [6.45, 7) is 9.57. The Bertz CT molecular complexity index is 945. The molecule has 2 aromatic rings. The van der Waals surface area contributed by atoms with Gasteiger partial charge >= 0.3 is 5.97 Å². The zero-order valence-corrected chi connectivity index (χ0v) is 18.3. The fraction of sp³-hybridized carbons (Fsp3) is 0.444. The maximum Gasteiger partial charge on any atom is 0.338 e. The maximum atomic E-state index is 12.8. The Kier molecular flexibility index (Phi) is 6.49. The van der Waals surface area contributed by atoms with Crippen molar-refractivity contribution in [2.75, 3.05) is 6.61 Å². The van der Waals surface area contributed by atoms with Crippen LogP contribution in [0.2, 0.25) is 0 Å². The van der Waals surface area contributed by atoms with Crippen LogP contribution in [0.3, 0.4) is 0 Å². The largest absolute Gasteiger partial charge is 0.462 e. The van der Waals surface area contributed by atoms with Gasteiger partial charge in [-0.1, -0.05) is 25.9 Å². The second-order valence-corrected chi connectivity index (χ2v) is 9.67. The van der Waals surface area contributed by atoms with Crippen molar-refractivity contribution in [1.82, 2.24) is 9.88 Å². The van der Waals surface area contributed by atoms with Crippen LogP contribution >= 0.6 is 15.9 Å². The molecule has 0 aliphatic heterocycles. The van der Waals surface area contributed by atoms with E-state index in [0.29, 0.717) is 22.4 Å². The molecular weight excluding hydrogens is 436 g/mol. The van der Waals surface area contributed by atoms with Gasteiger partial charge in [-0.2, -0.15) is 0 Å². The molecule has 1 aromatic carbocycles. The Balaban J connectivity index is 2.29. The minimum atomic E-state index is -3.82. The third-order valence-electron chi connectivity index (χ3n) is 3.87. The lowest BCUT2D eigenvalue weighted by atomic mass is 9.90. The van der Waals surface area contributed by atoms with Crippen molar-refractivity contribution in [2.24, 2.45) is 0 Å². The van der Waals surface area contributed by atoms with E-state index in [2.05, 4.69) is 25.8 Å². The van der Waals surface area contributed by atoms with Gasteiger partial charge in [-0.25, -0.2) is 17.9 Å². The average Bonchev–Trinajstić information content (AvgIpc) is 3.04. The first-order valence-electron chi connectivity index (χ1n) is 8.38. The summed E-state index contributed by atoms with van der Waals surface area (Å²) in [5, 5.41) is 3.97. The number of benzene rings is 1. The van der Waals surface area contributed by atoms with Crippen molar-refractivity contribution in [2.45, 2.75) is 51.5 Å². The van der Waals surface area contributed by atoms with Gasteiger partial charge in [-0.3, -0.25) is 0 Å². The summed E-state index contributed by atoms with van der Waals surface area (Å²) in [5.41, 5.74) is 1.92. The van der Waals surface area contributed by atoms with Gasteiger partial charge in [-0.05, 0) is 47.5 Å². The minimum Gasteiger partial charge on any atom is -0.462 e. The predicted octanol–water partition coefficient (Wildman–Crippen LogP) is 3.70. The second-order valence-electron chi connectivity index (χ2n) is 7.08. The number of carbonyl (C=O) groups excluding carboxylic acids is 1. The molecule has 7 nitrogen and oxygen atoms in total. The van der Waals surface area contributed by atoms with E-state index < -0.39 is 16.0 Å². The van der Waals surface area contributed by atoms with E-state index in [9.17, 15) is 13.2 Å². The molecule has 0 atom stereocenters. The predicted molar refractivity (Wildman–Crippen MR) is 104 cm³/mol. The normalized spacial score (nSPS) is 12.2. The molecule has 0 saturated heterocycles. The van der Waals surface area contributed by atoms with E-state index in [-0.39, 0.29) is 27.9 Å². The van der Waals surface area contributed by atoms with E-state index in [1.54, 1.807) is 13.8 Å². The van der Waals surface area contributed by atoms with Crippen LogP contribution in [0.1, 0.15) is 54.9 Å². The lowest BCUT2D eigenvalue weighted by molar-refractivity contribution is 0.0525. The van der Waals surface area contributed by atoms with Crippen LogP contribution < -0.4 is 4.72 Å². The van der Waals surface area contributed by atoms with Crippen molar-refractivity contribution < 1.29 is 22.5 Å². The Morgan fingerprint density at radius 2 is 2.00 bits per heavy atom. The van der Waals surface area contributed by atoms with Gasteiger partial charge in [0.15, 0.2) is 0 Å². The molecule has 0 saturated carbocycles. The number of carbonyl (C=O) groups is 1. The first-order chi connectivity index (χ1) is 12.5. The summed E-state index contributed by atoms with van der Waals surface area (Å²) in [7, 11) is -3.82. The van der Waals surface area contributed by atoms with Gasteiger partial charge < -0.3 is 9.26 Å². The van der Waals surface area contributed by atoms with Gasteiger partial charge in [0.05, 0.1) is 22.8 Å². The molecule has 148 valence electrons. The van der Waals surface area contributed by atoms with Crippen LogP contribution in [0, 0.1) is 6.92 Å². The summed E-state index contributed by atoms with van der Waals surface area (Å²) in [6, 6.07) is 2.90. The monoisotopic (exact) mass is 458 g/mol. The molecule has 0 fully saturated rings. The summed E-state index contributed by atoms with van der Waals surface area (Å²) in [5.74, 6) is -0.494. The van der Waals surface area contributed by atoms with Crippen molar-refractivity contribution in [3.05, 3.63) is 45.3 Å². The average molecular weight is 459 g/mol. The van der Waals surface area contributed by atoms with Crippen molar-refractivity contribution in [3.8, 4) is 0 Å². The number of nitrogens with one attached hydrogen (secondary N) is 1. The standard InChI is InChI=1S/C18H23BrN2O5S/c1-6-25-17(22)13-8-14(19)15(7-11(13)2)27(23,24)20-9-12-10-26-21-16(12)18(3,4)5/h7-8,10,20H,6,9H2,1-5H3. The molecule has 0 radical (unpaired) electrons. The quantitative estimate of drug-likeness (QED) is 0.662. The van der Waals surface area contributed by atoms with Gasteiger partial charge in [0.1, 0.15) is 6.26 Å². The smallest absolute Gasteiger partial charge is 0.338 e. The number of aryl methyl sites for hydroxylation is 1. The second kappa shape index (κ2) is 8.12. The number of halogens is 1. The van der Waals surface area contributed by atoms with Gasteiger partial charge in [0.25, 0.3) is 0 Å². The zero-order chi connectivity index (χ0) is 20.4. The molecular formula is C18H23BrN2O5S. The Hall–Kier alpha value is -1.71. The fourth-order valence-corrected chi connectivity index (χ4v) is 4.67. The molecule has 2 rings (SSSR count).